The van der Waals surface area contributed by atoms with Crippen molar-refractivity contribution in [1.82, 2.24) is 10.4 Å². The highest BCUT2D eigenvalue weighted by Gasteiger charge is 2.16. The lowest BCUT2D eigenvalue weighted by molar-refractivity contribution is -0.599. The second-order valence-electron chi connectivity index (χ2n) is 5.08. The van der Waals surface area contributed by atoms with E-state index < -0.39 is 0 Å². The molecule has 120 valence electrons. The minimum atomic E-state index is -0.306. The second-order valence-corrected chi connectivity index (χ2v) is 6.09. The smallest absolute Gasteiger partial charge is 0.267 e. The van der Waals surface area contributed by atoms with Crippen LogP contribution in [0.1, 0.15) is 20.8 Å². The molecule has 0 fully saturated rings. The molecule has 0 atom stereocenters. The molecule has 3 aromatic rings. The molecule has 0 aliphatic heterocycles. The van der Waals surface area contributed by atoms with Crippen LogP contribution in [-0.4, -0.2) is 17.1 Å². The second kappa shape index (κ2) is 7.01. The number of pyridine rings is 1. The Hall–Kier alpha value is -3.06. The average Bonchev–Trinajstić information content (AvgIpc) is 2.97. The molecule has 3 rings (SSSR count). The Balaban J connectivity index is 1.79. The molecule has 1 amide bonds. The van der Waals surface area contributed by atoms with Gasteiger partial charge in [-0.15, -0.1) is 0 Å². The molecule has 0 bridgehead atoms. The third-order valence-electron chi connectivity index (χ3n) is 3.29. The quantitative estimate of drug-likeness (QED) is 0.432. The van der Waals surface area contributed by atoms with Crippen LogP contribution >= 0.6 is 11.3 Å². The predicted molar refractivity (Wildman–Crippen MR) is 92.7 cm³/mol. The Bertz CT molecular complexity index is 927. The van der Waals surface area contributed by atoms with E-state index in [1.165, 1.54) is 6.21 Å². The monoisotopic (exact) mass is 339 g/mol. The van der Waals surface area contributed by atoms with E-state index in [9.17, 15) is 9.59 Å². The zero-order valence-corrected chi connectivity index (χ0v) is 13.7. The Morgan fingerprint density at radius 2 is 1.92 bits per heavy atom. The van der Waals surface area contributed by atoms with Crippen molar-refractivity contribution in [1.29, 1.82) is 0 Å². The van der Waals surface area contributed by atoms with E-state index in [4.69, 9.17) is 0 Å². The van der Waals surface area contributed by atoms with Crippen LogP contribution in [0.25, 0.3) is 5.82 Å². The van der Waals surface area contributed by atoms with Gasteiger partial charge in [-0.2, -0.15) is 10.1 Å². The Kier molecular flexibility index (Phi) is 4.62. The topological polar surface area (TPSA) is 78.2 Å². The molecule has 0 radical (unpaired) electrons. The molecule has 7 heteroatoms. The molecule has 2 aromatic heterocycles. The van der Waals surface area contributed by atoms with E-state index in [2.05, 4.69) is 15.5 Å². The Morgan fingerprint density at radius 1 is 1.21 bits per heavy atom. The molecular formula is C17H15N4O2S+. The van der Waals surface area contributed by atoms with Crippen LogP contribution in [-0.2, 0) is 0 Å². The molecular weight excluding hydrogens is 324 g/mol. The highest BCUT2D eigenvalue weighted by molar-refractivity contribution is 7.11. The molecule has 2 heterocycles. The highest BCUT2D eigenvalue weighted by atomic mass is 32.1. The molecule has 1 aromatic carbocycles. The van der Waals surface area contributed by atoms with Gasteiger partial charge in [-0.1, -0.05) is 18.2 Å². The predicted octanol–water partition coefficient (Wildman–Crippen LogP) is 1.79. The van der Waals surface area contributed by atoms with Crippen LogP contribution in [0.15, 0.2) is 64.8 Å². The number of hydrazone groups is 1. The van der Waals surface area contributed by atoms with Crippen molar-refractivity contribution in [2.45, 2.75) is 6.92 Å². The summed E-state index contributed by atoms with van der Waals surface area (Å²) in [6.45, 7) is 1.99. The third-order valence-corrected chi connectivity index (χ3v) is 4.10. The van der Waals surface area contributed by atoms with Gasteiger partial charge < -0.3 is 0 Å². The number of carbonyl (C=O) groups is 1. The van der Waals surface area contributed by atoms with Gasteiger partial charge in [0.1, 0.15) is 4.88 Å². The van der Waals surface area contributed by atoms with Crippen LogP contribution in [0.3, 0.4) is 0 Å². The molecule has 24 heavy (non-hydrogen) atoms. The van der Waals surface area contributed by atoms with Gasteiger partial charge in [0.2, 0.25) is 0 Å². The number of nitrogens with one attached hydrogen (secondary N) is 2. The normalized spacial score (nSPS) is 10.9. The summed E-state index contributed by atoms with van der Waals surface area (Å²) in [6.07, 6.45) is 5.17. The van der Waals surface area contributed by atoms with E-state index in [1.54, 1.807) is 28.8 Å². The number of aromatic amines is 1. The number of amides is 1. The van der Waals surface area contributed by atoms with Gasteiger partial charge >= 0.3 is 10.7 Å². The summed E-state index contributed by atoms with van der Waals surface area (Å²) < 4.78 is 1.80. The Morgan fingerprint density at radius 3 is 2.62 bits per heavy atom. The number of aromatic nitrogens is 2. The molecule has 0 aliphatic carbocycles. The van der Waals surface area contributed by atoms with Crippen LogP contribution in [0, 0.1) is 6.92 Å². The van der Waals surface area contributed by atoms with Crippen molar-refractivity contribution in [3.63, 3.8) is 0 Å². The van der Waals surface area contributed by atoms with Crippen molar-refractivity contribution < 1.29 is 9.36 Å². The fraction of sp³-hybridized carbons (Fsp3) is 0.0588. The van der Waals surface area contributed by atoms with E-state index >= 15 is 0 Å². The molecule has 0 aliphatic rings. The maximum atomic E-state index is 11.9. The first-order chi connectivity index (χ1) is 11.6. The zero-order valence-electron chi connectivity index (χ0n) is 12.9. The summed E-state index contributed by atoms with van der Waals surface area (Å²) in [5, 5.41) is 3.95. The summed E-state index contributed by atoms with van der Waals surface area (Å²) in [5.74, 6) is 0.307. The molecule has 0 spiro atoms. The standard InChI is InChI=1S/C17H14N4O2S/c1-12-7-9-21(10-8-12)15-14(24-17(23)19-15)11-18-20-16(22)13-5-3-2-4-6-13/h2-11H,1H3,(H-,18,19,20,22,23)/p+1. The number of H-pyrrole nitrogens is 1. The van der Waals surface area contributed by atoms with Crippen molar-refractivity contribution in [3.8, 4) is 5.82 Å². The first-order valence-corrected chi connectivity index (χ1v) is 8.05. The summed E-state index contributed by atoms with van der Waals surface area (Å²) in [4.78, 5) is 26.8. The number of benzene rings is 1. The number of carbonyl (C=O) groups excluding carboxylic acids is 1. The van der Waals surface area contributed by atoms with Crippen molar-refractivity contribution >= 4 is 23.5 Å². The maximum absolute atomic E-state index is 11.9. The van der Waals surface area contributed by atoms with E-state index in [0.717, 1.165) is 16.9 Å². The molecule has 6 nitrogen and oxygen atoms in total. The molecule has 2 N–H and O–H groups in total. The van der Waals surface area contributed by atoms with Gasteiger partial charge in [-0.05, 0) is 48.1 Å². The van der Waals surface area contributed by atoms with E-state index in [0.29, 0.717) is 16.3 Å². The lowest BCUT2D eigenvalue weighted by Gasteiger charge is -1.99. The van der Waals surface area contributed by atoms with Gasteiger partial charge in [0.05, 0.1) is 18.6 Å². The SMILES string of the molecule is Cc1cc[n+](-c2[nH]c(=O)sc2/C=N\NC(=O)c2ccccc2)cc1. The first kappa shape index (κ1) is 15.8. The average molecular weight is 339 g/mol. The van der Waals surface area contributed by atoms with Crippen LogP contribution < -0.4 is 14.9 Å². The summed E-state index contributed by atoms with van der Waals surface area (Å²) in [7, 11) is 0. The third kappa shape index (κ3) is 3.64. The van der Waals surface area contributed by atoms with Gasteiger partial charge in [0.25, 0.3) is 5.91 Å². The number of hydrogen-bond acceptors (Lipinski definition) is 4. The highest BCUT2D eigenvalue weighted by Crippen LogP contribution is 2.06. The lowest BCUT2D eigenvalue weighted by Crippen LogP contribution is -2.31. The minimum absolute atomic E-state index is 0.186. The number of thiazole rings is 1. The summed E-state index contributed by atoms with van der Waals surface area (Å²) in [5.41, 5.74) is 4.09. The summed E-state index contributed by atoms with van der Waals surface area (Å²) in [6, 6.07) is 12.7. The van der Waals surface area contributed by atoms with Crippen LogP contribution in [0.5, 0.6) is 0 Å². The fourth-order valence-corrected chi connectivity index (χ4v) is 2.77. The summed E-state index contributed by atoms with van der Waals surface area (Å²) >= 11 is 1.03. The van der Waals surface area contributed by atoms with Crippen LogP contribution in [0.2, 0.25) is 0 Å². The van der Waals surface area contributed by atoms with Gasteiger partial charge in [0.15, 0.2) is 0 Å². The van der Waals surface area contributed by atoms with Crippen molar-refractivity contribution in [2.75, 3.05) is 0 Å². The number of hydrogen-bond donors (Lipinski definition) is 2. The fourth-order valence-electron chi connectivity index (χ4n) is 2.06. The van der Waals surface area contributed by atoms with Crippen LogP contribution in [0.4, 0.5) is 0 Å². The minimum Gasteiger partial charge on any atom is -0.267 e. The Labute approximate surface area is 142 Å². The first-order valence-electron chi connectivity index (χ1n) is 7.23. The molecule has 0 saturated heterocycles. The van der Waals surface area contributed by atoms with E-state index in [-0.39, 0.29) is 10.8 Å². The molecule has 0 unspecified atom stereocenters. The zero-order chi connectivity index (χ0) is 16.9. The molecule has 0 saturated carbocycles. The lowest BCUT2D eigenvalue weighted by atomic mass is 10.2. The number of aryl methyl sites for hydroxylation is 1. The van der Waals surface area contributed by atoms with Gasteiger partial charge in [0, 0.05) is 5.56 Å². The van der Waals surface area contributed by atoms with Crippen molar-refractivity contribution in [2.24, 2.45) is 5.10 Å². The van der Waals surface area contributed by atoms with Gasteiger partial charge in [-0.3, -0.25) is 4.79 Å². The number of nitrogens with zero attached hydrogens (tertiary/aromatic N) is 2. The maximum Gasteiger partial charge on any atom is 0.390 e. The van der Waals surface area contributed by atoms with Crippen molar-refractivity contribution in [3.05, 3.63) is 80.5 Å². The van der Waals surface area contributed by atoms with E-state index in [1.807, 2.05) is 37.5 Å². The number of rotatable bonds is 4. The largest absolute Gasteiger partial charge is 0.390 e. The van der Waals surface area contributed by atoms with Gasteiger partial charge in [-0.25, -0.2) is 14.8 Å².